The molecule has 2 heterocycles. The minimum atomic E-state index is -0.498. The van der Waals surface area contributed by atoms with Crippen molar-refractivity contribution in [2.75, 3.05) is 18.2 Å². The molecule has 5 rings (SSSR count). The minimum absolute atomic E-state index is 0.142. The second kappa shape index (κ2) is 9.52. The summed E-state index contributed by atoms with van der Waals surface area (Å²) in [5.41, 5.74) is 3.28. The summed E-state index contributed by atoms with van der Waals surface area (Å²) in [5, 5.41) is 3.48. The second-order valence-electron chi connectivity index (χ2n) is 7.83. The summed E-state index contributed by atoms with van der Waals surface area (Å²) < 4.78 is 5.15. The molecule has 0 saturated carbocycles. The molecular formula is C26H22N4O3S. The van der Waals surface area contributed by atoms with Gasteiger partial charge in [-0.1, -0.05) is 54.2 Å². The largest absolute Gasteiger partial charge is 0.497 e. The molecular weight excluding hydrogens is 448 g/mol. The number of benzene rings is 3. The number of ether oxygens (including phenoxy) is 1. The molecule has 3 aromatic rings. The molecule has 0 bridgehead atoms. The standard InChI is InChI=1S/C26H22N4O3S/c1-33-19-13-11-18(12-14-19)27-23(31)16-34-26-28-21-10-6-5-9-20(21)24-29-25(32)22(30(24)26)15-17-7-3-2-4-8-17/h2-14,22H,15-16H2,1H3,(H,27,31). The van der Waals surface area contributed by atoms with E-state index in [2.05, 4.69) is 10.3 Å². The molecule has 2 aliphatic rings. The first kappa shape index (κ1) is 21.9. The van der Waals surface area contributed by atoms with Crippen LogP contribution < -0.4 is 10.1 Å². The van der Waals surface area contributed by atoms with Crippen molar-refractivity contribution in [2.24, 2.45) is 9.98 Å². The number of amides is 2. The van der Waals surface area contributed by atoms with Crippen molar-refractivity contribution in [3.05, 3.63) is 90.0 Å². The first-order chi connectivity index (χ1) is 16.6. The number of hydrogen-bond acceptors (Lipinski definition) is 6. The Morgan fingerprint density at radius 3 is 2.50 bits per heavy atom. The van der Waals surface area contributed by atoms with Crippen LogP contribution in [0.3, 0.4) is 0 Å². The van der Waals surface area contributed by atoms with Gasteiger partial charge in [-0.15, -0.1) is 0 Å². The van der Waals surface area contributed by atoms with Gasteiger partial charge in [-0.05, 0) is 42.0 Å². The van der Waals surface area contributed by atoms with Crippen LogP contribution in [0.5, 0.6) is 5.75 Å². The smallest absolute Gasteiger partial charge is 0.271 e. The van der Waals surface area contributed by atoms with Gasteiger partial charge in [-0.2, -0.15) is 4.99 Å². The Balaban J connectivity index is 1.37. The van der Waals surface area contributed by atoms with Gasteiger partial charge in [0, 0.05) is 17.7 Å². The summed E-state index contributed by atoms with van der Waals surface area (Å²) in [6.45, 7) is 0. The monoisotopic (exact) mass is 470 g/mol. The number of carbonyl (C=O) groups excluding carboxylic acids is 2. The van der Waals surface area contributed by atoms with Crippen molar-refractivity contribution in [1.82, 2.24) is 4.90 Å². The van der Waals surface area contributed by atoms with E-state index in [9.17, 15) is 9.59 Å². The number of hydrogen-bond donors (Lipinski definition) is 1. The Labute approximate surface area is 201 Å². The van der Waals surface area contributed by atoms with Crippen molar-refractivity contribution in [2.45, 2.75) is 12.5 Å². The molecule has 170 valence electrons. The lowest BCUT2D eigenvalue weighted by atomic mass is 10.0. The van der Waals surface area contributed by atoms with Crippen LogP contribution in [-0.2, 0) is 16.0 Å². The van der Waals surface area contributed by atoms with Gasteiger partial charge in [0.25, 0.3) is 5.91 Å². The summed E-state index contributed by atoms with van der Waals surface area (Å²) in [5.74, 6) is 1.09. The van der Waals surface area contributed by atoms with Crippen molar-refractivity contribution in [3.8, 4) is 5.75 Å². The zero-order valence-electron chi connectivity index (χ0n) is 18.5. The Morgan fingerprint density at radius 2 is 1.74 bits per heavy atom. The summed E-state index contributed by atoms with van der Waals surface area (Å²) in [6.07, 6.45) is 0.506. The Kier molecular flexibility index (Phi) is 6.14. The van der Waals surface area contributed by atoms with Gasteiger partial charge in [0.05, 0.1) is 18.6 Å². The molecule has 8 heteroatoms. The number of anilines is 1. The molecule has 7 nitrogen and oxygen atoms in total. The normalized spacial score (nSPS) is 16.3. The number of fused-ring (bicyclic) bond motifs is 3. The van der Waals surface area contributed by atoms with E-state index in [1.54, 1.807) is 31.4 Å². The Morgan fingerprint density at radius 1 is 1.00 bits per heavy atom. The molecule has 2 aliphatic heterocycles. The van der Waals surface area contributed by atoms with Crippen LogP contribution in [0.4, 0.5) is 11.4 Å². The van der Waals surface area contributed by atoms with E-state index < -0.39 is 6.04 Å². The topological polar surface area (TPSA) is 83.4 Å². The van der Waals surface area contributed by atoms with Crippen LogP contribution in [0.2, 0.25) is 0 Å². The number of nitrogens with zero attached hydrogens (tertiary/aromatic N) is 3. The van der Waals surface area contributed by atoms with Crippen molar-refractivity contribution in [3.63, 3.8) is 0 Å². The summed E-state index contributed by atoms with van der Waals surface area (Å²) in [6, 6.07) is 24.1. The van der Waals surface area contributed by atoms with Gasteiger partial charge in [-0.3, -0.25) is 14.5 Å². The highest BCUT2D eigenvalue weighted by Crippen LogP contribution is 2.35. The van der Waals surface area contributed by atoms with E-state index in [0.29, 0.717) is 23.1 Å². The number of aliphatic imine (C=N–C) groups is 2. The zero-order valence-corrected chi connectivity index (χ0v) is 19.3. The summed E-state index contributed by atoms with van der Waals surface area (Å²) in [4.78, 5) is 36.7. The van der Waals surface area contributed by atoms with Gasteiger partial charge < -0.3 is 10.1 Å². The SMILES string of the molecule is COc1ccc(NC(=O)CSC2=Nc3ccccc3C3=NC(=O)C(Cc4ccccc4)N23)cc1. The fourth-order valence-corrected chi connectivity index (χ4v) is 4.79. The molecule has 2 amide bonds. The lowest BCUT2D eigenvalue weighted by Gasteiger charge is -2.31. The third-order valence-electron chi connectivity index (χ3n) is 5.59. The van der Waals surface area contributed by atoms with Crippen LogP contribution in [0, 0.1) is 0 Å². The highest BCUT2D eigenvalue weighted by molar-refractivity contribution is 8.14. The maximum absolute atomic E-state index is 12.9. The molecule has 0 saturated heterocycles. The summed E-state index contributed by atoms with van der Waals surface area (Å²) >= 11 is 1.29. The maximum atomic E-state index is 12.9. The number of thioether (sulfide) groups is 1. The number of rotatable bonds is 6. The van der Waals surface area contributed by atoms with Crippen LogP contribution in [0.1, 0.15) is 11.1 Å². The predicted octanol–water partition coefficient (Wildman–Crippen LogP) is 4.27. The quantitative estimate of drug-likeness (QED) is 0.582. The van der Waals surface area contributed by atoms with Crippen molar-refractivity contribution >= 4 is 46.0 Å². The van der Waals surface area contributed by atoms with Crippen LogP contribution >= 0.6 is 11.8 Å². The average Bonchev–Trinajstić information content (AvgIpc) is 3.20. The van der Waals surface area contributed by atoms with E-state index >= 15 is 0 Å². The number of carbonyl (C=O) groups is 2. The van der Waals surface area contributed by atoms with Gasteiger partial charge in [0.1, 0.15) is 17.6 Å². The molecule has 0 fully saturated rings. The van der Waals surface area contributed by atoms with E-state index in [1.807, 2.05) is 59.5 Å². The van der Waals surface area contributed by atoms with Gasteiger partial charge in [-0.25, -0.2) is 4.99 Å². The van der Waals surface area contributed by atoms with Crippen LogP contribution in [-0.4, -0.2) is 46.6 Å². The molecule has 0 radical (unpaired) electrons. The lowest BCUT2D eigenvalue weighted by Crippen LogP contribution is -2.45. The predicted molar refractivity (Wildman–Crippen MR) is 135 cm³/mol. The van der Waals surface area contributed by atoms with Crippen LogP contribution in [0.25, 0.3) is 0 Å². The third-order valence-corrected chi connectivity index (χ3v) is 6.54. The molecule has 0 spiro atoms. The van der Waals surface area contributed by atoms with Crippen molar-refractivity contribution in [1.29, 1.82) is 0 Å². The molecule has 0 aromatic heterocycles. The number of methoxy groups -OCH3 is 1. The number of amidine groups is 2. The maximum Gasteiger partial charge on any atom is 0.271 e. The summed E-state index contributed by atoms with van der Waals surface area (Å²) in [7, 11) is 1.60. The molecule has 1 N–H and O–H groups in total. The highest BCUT2D eigenvalue weighted by Gasteiger charge is 2.41. The zero-order chi connectivity index (χ0) is 23.5. The molecule has 1 atom stereocenters. The van der Waals surface area contributed by atoms with Crippen LogP contribution in [0.15, 0.2) is 88.8 Å². The molecule has 0 aliphatic carbocycles. The fourth-order valence-electron chi connectivity index (χ4n) is 3.94. The Hall–Kier alpha value is -3.91. The van der Waals surface area contributed by atoms with Gasteiger partial charge >= 0.3 is 0 Å². The van der Waals surface area contributed by atoms with E-state index in [4.69, 9.17) is 9.73 Å². The first-order valence-corrected chi connectivity index (χ1v) is 11.8. The van der Waals surface area contributed by atoms with Gasteiger partial charge in [0.15, 0.2) is 5.17 Å². The third kappa shape index (κ3) is 4.45. The van der Waals surface area contributed by atoms with E-state index in [-0.39, 0.29) is 17.6 Å². The highest BCUT2D eigenvalue weighted by atomic mass is 32.2. The minimum Gasteiger partial charge on any atom is -0.497 e. The van der Waals surface area contributed by atoms with E-state index in [1.165, 1.54) is 11.8 Å². The Bertz CT molecular complexity index is 1290. The van der Waals surface area contributed by atoms with E-state index in [0.717, 1.165) is 22.6 Å². The lowest BCUT2D eigenvalue weighted by molar-refractivity contribution is -0.119. The first-order valence-electron chi connectivity index (χ1n) is 10.8. The van der Waals surface area contributed by atoms with Crippen molar-refractivity contribution < 1.29 is 14.3 Å². The molecule has 34 heavy (non-hydrogen) atoms. The molecule has 3 aromatic carbocycles. The number of nitrogens with one attached hydrogen (secondary N) is 1. The average molecular weight is 471 g/mol. The fraction of sp³-hybridized carbons (Fsp3) is 0.154. The number of para-hydroxylation sites is 1. The molecule has 1 unspecified atom stereocenters. The van der Waals surface area contributed by atoms with Gasteiger partial charge in [0.2, 0.25) is 5.91 Å². The second-order valence-corrected chi connectivity index (χ2v) is 8.77.